The number of ether oxygens (including phenoxy) is 1. The summed E-state index contributed by atoms with van der Waals surface area (Å²) in [4.78, 5) is 15.3. The van der Waals surface area contributed by atoms with Crippen LogP contribution in [0.3, 0.4) is 0 Å². The van der Waals surface area contributed by atoms with Crippen molar-refractivity contribution in [1.29, 1.82) is 0 Å². The third-order valence-electron chi connectivity index (χ3n) is 2.17. The third-order valence-corrected chi connectivity index (χ3v) is 2.17. The molecule has 7 heteroatoms. The van der Waals surface area contributed by atoms with Gasteiger partial charge in [0.25, 0.3) is 0 Å². The zero-order chi connectivity index (χ0) is 17.1. The summed E-state index contributed by atoms with van der Waals surface area (Å²) in [6.45, 7) is 10.5. The Morgan fingerprint density at radius 1 is 1.18 bits per heavy atom. The molecule has 0 radical (unpaired) electrons. The summed E-state index contributed by atoms with van der Waals surface area (Å²) in [5.74, 6) is -2.93. The van der Waals surface area contributed by atoms with E-state index in [0.29, 0.717) is 0 Å². The van der Waals surface area contributed by atoms with Gasteiger partial charge in [-0.1, -0.05) is 0 Å². The van der Waals surface area contributed by atoms with Crippen molar-refractivity contribution < 1.29 is 18.3 Å². The maximum Gasteiger partial charge on any atom is 0.360 e. The molecule has 1 aromatic heterocycles. The topological polar surface area (TPSA) is 63.6 Å². The Balaban J connectivity index is 3.25. The van der Waals surface area contributed by atoms with Crippen molar-refractivity contribution in [1.82, 2.24) is 10.4 Å². The van der Waals surface area contributed by atoms with E-state index in [2.05, 4.69) is 15.5 Å². The summed E-state index contributed by atoms with van der Waals surface area (Å²) in [6.07, 6.45) is 0. The van der Waals surface area contributed by atoms with Crippen LogP contribution in [0.4, 0.5) is 8.78 Å². The van der Waals surface area contributed by atoms with Crippen molar-refractivity contribution in [3.8, 4) is 0 Å². The number of hydrazone groups is 1. The van der Waals surface area contributed by atoms with E-state index < -0.39 is 29.0 Å². The van der Waals surface area contributed by atoms with Crippen LogP contribution in [0.1, 0.15) is 47.1 Å². The molecule has 1 aromatic rings. The smallest absolute Gasteiger partial charge is 0.360 e. The molecule has 0 bridgehead atoms. The SMILES string of the molecule is CC(C)(C)NN=C(C(=O)OC(C)(C)C)c1ccc(F)nc1F. The maximum atomic E-state index is 13.8. The Bertz CT molecular complexity index is 587. The molecule has 22 heavy (non-hydrogen) atoms. The molecular formula is C15H21F2N3O2. The highest BCUT2D eigenvalue weighted by Crippen LogP contribution is 2.13. The van der Waals surface area contributed by atoms with Gasteiger partial charge in [-0.2, -0.15) is 18.9 Å². The summed E-state index contributed by atoms with van der Waals surface area (Å²) >= 11 is 0. The highest BCUT2D eigenvalue weighted by Gasteiger charge is 2.26. The number of carbonyl (C=O) groups is 1. The molecule has 0 saturated heterocycles. The lowest BCUT2D eigenvalue weighted by atomic mass is 10.1. The number of nitrogens with one attached hydrogen (secondary N) is 1. The molecule has 0 fully saturated rings. The van der Waals surface area contributed by atoms with E-state index in [0.717, 1.165) is 12.1 Å². The number of carbonyl (C=O) groups excluding carboxylic acids is 1. The van der Waals surface area contributed by atoms with Crippen LogP contribution in [0.15, 0.2) is 17.2 Å². The quantitative estimate of drug-likeness (QED) is 0.403. The van der Waals surface area contributed by atoms with Crippen molar-refractivity contribution in [2.24, 2.45) is 5.10 Å². The molecule has 1 N–H and O–H groups in total. The summed E-state index contributed by atoms with van der Waals surface area (Å²) < 4.78 is 32.0. The van der Waals surface area contributed by atoms with E-state index in [9.17, 15) is 13.6 Å². The molecule has 0 spiro atoms. The first-order chi connectivity index (χ1) is 9.89. The van der Waals surface area contributed by atoms with Crippen LogP contribution < -0.4 is 5.43 Å². The average Bonchev–Trinajstić information content (AvgIpc) is 2.27. The summed E-state index contributed by atoms with van der Waals surface area (Å²) in [5.41, 5.74) is 0.981. The van der Waals surface area contributed by atoms with Crippen LogP contribution in [0.25, 0.3) is 0 Å². The molecule has 5 nitrogen and oxygen atoms in total. The molecule has 0 unspecified atom stereocenters. The average molecular weight is 313 g/mol. The predicted octanol–water partition coefficient (Wildman–Crippen LogP) is 2.79. The minimum Gasteiger partial charge on any atom is -0.455 e. The van der Waals surface area contributed by atoms with Crippen LogP contribution in [-0.2, 0) is 9.53 Å². The van der Waals surface area contributed by atoms with Crippen LogP contribution in [0, 0.1) is 11.9 Å². The molecule has 1 heterocycles. The van der Waals surface area contributed by atoms with Gasteiger partial charge in [0.1, 0.15) is 5.60 Å². The number of esters is 1. The molecule has 0 aromatic carbocycles. The maximum absolute atomic E-state index is 13.8. The van der Waals surface area contributed by atoms with Crippen molar-refractivity contribution in [3.63, 3.8) is 0 Å². The molecule has 0 amide bonds. The minimum atomic E-state index is -1.12. The van der Waals surface area contributed by atoms with E-state index in [-0.39, 0.29) is 11.3 Å². The van der Waals surface area contributed by atoms with Gasteiger partial charge in [-0.25, -0.2) is 4.79 Å². The highest BCUT2D eigenvalue weighted by molar-refractivity contribution is 6.43. The second-order valence-electron chi connectivity index (χ2n) is 6.80. The second kappa shape index (κ2) is 6.37. The van der Waals surface area contributed by atoms with Gasteiger partial charge in [0, 0.05) is 5.54 Å². The first kappa shape index (κ1) is 18.0. The monoisotopic (exact) mass is 313 g/mol. The van der Waals surface area contributed by atoms with E-state index in [1.165, 1.54) is 0 Å². The molecule has 0 aliphatic carbocycles. The lowest BCUT2D eigenvalue weighted by Gasteiger charge is -2.22. The number of rotatable bonds is 3. The van der Waals surface area contributed by atoms with Crippen molar-refractivity contribution in [2.75, 3.05) is 0 Å². The van der Waals surface area contributed by atoms with Crippen LogP contribution >= 0.6 is 0 Å². The Morgan fingerprint density at radius 3 is 2.23 bits per heavy atom. The summed E-state index contributed by atoms with van der Waals surface area (Å²) in [6, 6.07) is 2.06. The fourth-order valence-corrected chi connectivity index (χ4v) is 1.35. The Labute approximate surface area is 128 Å². The lowest BCUT2D eigenvalue weighted by Crippen LogP contribution is -2.36. The standard InChI is InChI=1S/C15H21F2N3O2/c1-14(2,3)20-19-11(13(21)22-15(4,5)6)9-7-8-10(16)18-12(9)17/h7-8,20H,1-6H3. The fraction of sp³-hybridized carbons (Fsp3) is 0.533. The van der Waals surface area contributed by atoms with Gasteiger partial charge in [0.05, 0.1) is 5.56 Å². The second-order valence-corrected chi connectivity index (χ2v) is 6.80. The van der Waals surface area contributed by atoms with E-state index >= 15 is 0 Å². The predicted molar refractivity (Wildman–Crippen MR) is 79.4 cm³/mol. The zero-order valence-electron chi connectivity index (χ0n) is 13.6. The molecular weight excluding hydrogens is 292 g/mol. The Kier molecular flexibility index (Phi) is 5.22. The first-order valence-electron chi connectivity index (χ1n) is 6.80. The molecule has 0 aliphatic heterocycles. The van der Waals surface area contributed by atoms with E-state index in [4.69, 9.17) is 4.74 Å². The molecule has 122 valence electrons. The van der Waals surface area contributed by atoms with Crippen molar-refractivity contribution in [3.05, 3.63) is 29.6 Å². The van der Waals surface area contributed by atoms with E-state index in [1.54, 1.807) is 20.8 Å². The van der Waals surface area contributed by atoms with E-state index in [1.807, 2.05) is 20.8 Å². The van der Waals surface area contributed by atoms with Gasteiger partial charge in [-0.15, -0.1) is 0 Å². The zero-order valence-corrected chi connectivity index (χ0v) is 13.6. The number of nitrogens with zero attached hydrogens (tertiary/aromatic N) is 2. The lowest BCUT2D eigenvalue weighted by molar-refractivity contribution is -0.146. The third kappa shape index (κ3) is 5.75. The van der Waals surface area contributed by atoms with Crippen molar-refractivity contribution >= 4 is 11.7 Å². The van der Waals surface area contributed by atoms with Crippen molar-refractivity contribution in [2.45, 2.75) is 52.7 Å². The number of aromatic nitrogens is 1. The van der Waals surface area contributed by atoms with Gasteiger partial charge in [-0.3, -0.25) is 0 Å². The Hall–Kier alpha value is -2.05. The van der Waals surface area contributed by atoms with Crippen LogP contribution in [0.5, 0.6) is 0 Å². The highest BCUT2D eigenvalue weighted by atomic mass is 19.1. The largest absolute Gasteiger partial charge is 0.455 e. The Morgan fingerprint density at radius 2 is 1.77 bits per heavy atom. The number of pyridine rings is 1. The molecule has 0 atom stereocenters. The molecule has 1 rings (SSSR count). The van der Waals surface area contributed by atoms with Gasteiger partial charge < -0.3 is 10.2 Å². The van der Waals surface area contributed by atoms with Crippen LogP contribution in [0.2, 0.25) is 0 Å². The van der Waals surface area contributed by atoms with Crippen LogP contribution in [-0.4, -0.2) is 27.8 Å². The molecule has 0 saturated carbocycles. The minimum absolute atomic E-state index is 0.229. The van der Waals surface area contributed by atoms with Gasteiger partial charge in [0.15, 0.2) is 5.71 Å². The fourth-order valence-electron chi connectivity index (χ4n) is 1.35. The summed E-state index contributed by atoms with van der Waals surface area (Å²) in [7, 11) is 0. The van der Waals surface area contributed by atoms with Gasteiger partial charge >= 0.3 is 5.97 Å². The number of hydrogen-bond acceptors (Lipinski definition) is 5. The normalized spacial score (nSPS) is 13.0. The first-order valence-corrected chi connectivity index (χ1v) is 6.80. The number of hydrogen-bond donors (Lipinski definition) is 1. The summed E-state index contributed by atoms with van der Waals surface area (Å²) in [5, 5.41) is 3.93. The van der Waals surface area contributed by atoms with Gasteiger partial charge in [-0.05, 0) is 53.7 Å². The molecule has 0 aliphatic rings. The van der Waals surface area contributed by atoms with Gasteiger partial charge in [0.2, 0.25) is 11.9 Å². The number of halogens is 2.